The van der Waals surface area contributed by atoms with Crippen molar-refractivity contribution in [1.82, 2.24) is 5.32 Å². The monoisotopic (exact) mass is 253 g/mol. The number of hydrogen-bond acceptors (Lipinski definition) is 4. The van der Waals surface area contributed by atoms with Crippen LogP contribution in [0, 0.1) is 6.92 Å². The van der Waals surface area contributed by atoms with Gasteiger partial charge in [-0.3, -0.25) is 4.79 Å². The Morgan fingerprint density at radius 2 is 2.00 bits per heavy atom. The Labute approximate surface area is 106 Å². The van der Waals surface area contributed by atoms with Gasteiger partial charge in [0.05, 0.1) is 5.75 Å². The average molecular weight is 253 g/mol. The molecule has 0 spiro atoms. The smallest absolute Gasteiger partial charge is 0.229 e. The van der Waals surface area contributed by atoms with E-state index >= 15 is 0 Å². The van der Waals surface area contributed by atoms with Crippen LogP contribution in [-0.4, -0.2) is 24.9 Å². The molecule has 0 saturated carbocycles. The van der Waals surface area contributed by atoms with Crippen LogP contribution in [0.15, 0.2) is 12.1 Å². The van der Waals surface area contributed by atoms with Gasteiger partial charge in [-0.15, -0.1) is 0 Å². The fourth-order valence-electron chi connectivity index (χ4n) is 1.67. The highest BCUT2D eigenvalue weighted by Crippen LogP contribution is 2.32. The van der Waals surface area contributed by atoms with Crippen LogP contribution in [0.4, 0.5) is 0 Å². The molecule has 2 rings (SSSR count). The van der Waals surface area contributed by atoms with Gasteiger partial charge < -0.3 is 14.8 Å². The summed E-state index contributed by atoms with van der Waals surface area (Å²) >= 11 is 3.91. The molecule has 4 nitrogen and oxygen atoms in total. The molecule has 0 atom stereocenters. The van der Waals surface area contributed by atoms with Gasteiger partial charge in [-0.2, -0.15) is 12.6 Å². The lowest BCUT2D eigenvalue weighted by molar-refractivity contribution is -0.118. The SMILES string of the molecule is Cc1cc2c(cc1CNC(=O)CS)OCCO2. The van der Waals surface area contributed by atoms with Gasteiger partial charge in [-0.1, -0.05) is 0 Å². The van der Waals surface area contributed by atoms with E-state index < -0.39 is 0 Å². The molecule has 1 aliphatic rings. The number of thiol groups is 1. The van der Waals surface area contributed by atoms with E-state index in [1.807, 2.05) is 19.1 Å². The number of rotatable bonds is 3. The molecule has 0 unspecified atom stereocenters. The molecule has 1 aromatic carbocycles. The highest BCUT2D eigenvalue weighted by molar-refractivity contribution is 7.81. The van der Waals surface area contributed by atoms with Gasteiger partial charge in [0, 0.05) is 6.54 Å². The Kier molecular flexibility index (Phi) is 3.78. The Morgan fingerprint density at radius 3 is 2.65 bits per heavy atom. The van der Waals surface area contributed by atoms with Crippen molar-refractivity contribution in [1.29, 1.82) is 0 Å². The molecule has 0 aromatic heterocycles. The number of ether oxygens (including phenoxy) is 2. The van der Waals surface area contributed by atoms with Crippen molar-refractivity contribution in [3.05, 3.63) is 23.3 Å². The third-order valence-electron chi connectivity index (χ3n) is 2.62. The minimum atomic E-state index is -0.0809. The molecule has 0 saturated heterocycles. The van der Waals surface area contributed by atoms with Crippen molar-refractivity contribution in [2.45, 2.75) is 13.5 Å². The summed E-state index contributed by atoms with van der Waals surface area (Å²) in [6, 6.07) is 3.86. The van der Waals surface area contributed by atoms with Crippen molar-refractivity contribution in [3.63, 3.8) is 0 Å². The first kappa shape index (κ1) is 12.1. The zero-order valence-electron chi connectivity index (χ0n) is 9.66. The zero-order chi connectivity index (χ0) is 12.3. The summed E-state index contributed by atoms with van der Waals surface area (Å²) in [5.41, 5.74) is 2.11. The van der Waals surface area contributed by atoms with Crippen LogP contribution in [0.1, 0.15) is 11.1 Å². The van der Waals surface area contributed by atoms with E-state index in [0.29, 0.717) is 19.8 Å². The number of carbonyl (C=O) groups is 1. The third-order valence-corrected chi connectivity index (χ3v) is 2.91. The highest BCUT2D eigenvalue weighted by atomic mass is 32.1. The van der Waals surface area contributed by atoms with Gasteiger partial charge >= 0.3 is 0 Å². The van der Waals surface area contributed by atoms with Gasteiger partial charge in [0.25, 0.3) is 0 Å². The Bertz CT molecular complexity index is 434. The largest absolute Gasteiger partial charge is 0.486 e. The summed E-state index contributed by atoms with van der Waals surface area (Å²) < 4.78 is 11.0. The quantitative estimate of drug-likeness (QED) is 0.799. The first-order chi connectivity index (χ1) is 8.20. The molecular formula is C12H15NO3S. The van der Waals surface area contributed by atoms with Crippen LogP contribution in [0.25, 0.3) is 0 Å². The van der Waals surface area contributed by atoms with Gasteiger partial charge in [0.1, 0.15) is 13.2 Å². The number of fused-ring (bicyclic) bond motifs is 1. The summed E-state index contributed by atoms with van der Waals surface area (Å²) in [6.07, 6.45) is 0. The molecule has 1 N–H and O–H groups in total. The fourth-order valence-corrected chi connectivity index (χ4v) is 1.78. The van der Waals surface area contributed by atoms with E-state index in [4.69, 9.17) is 9.47 Å². The Hall–Kier alpha value is -1.36. The van der Waals surface area contributed by atoms with Gasteiger partial charge in [0.15, 0.2) is 11.5 Å². The van der Waals surface area contributed by atoms with E-state index in [-0.39, 0.29) is 11.7 Å². The van der Waals surface area contributed by atoms with Crippen LogP contribution in [-0.2, 0) is 11.3 Å². The average Bonchev–Trinajstić information content (AvgIpc) is 2.35. The maximum absolute atomic E-state index is 11.1. The molecule has 0 aliphatic carbocycles. The molecule has 17 heavy (non-hydrogen) atoms. The topological polar surface area (TPSA) is 47.6 Å². The highest BCUT2D eigenvalue weighted by Gasteiger charge is 2.14. The first-order valence-electron chi connectivity index (χ1n) is 5.47. The Balaban J connectivity index is 2.14. The van der Waals surface area contributed by atoms with Crippen molar-refractivity contribution >= 4 is 18.5 Å². The second-order valence-corrected chi connectivity index (χ2v) is 4.17. The van der Waals surface area contributed by atoms with E-state index in [0.717, 1.165) is 22.6 Å². The number of aryl methyl sites for hydroxylation is 1. The predicted molar refractivity (Wildman–Crippen MR) is 67.9 cm³/mol. The van der Waals surface area contributed by atoms with Gasteiger partial charge in [0.2, 0.25) is 5.91 Å². The van der Waals surface area contributed by atoms with Gasteiger partial charge in [-0.25, -0.2) is 0 Å². The molecule has 1 heterocycles. The maximum Gasteiger partial charge on any atom is 0.229 e. The number of nitrogens with one attached hydrogen (secondary N) is 1. The van der Waals surface area contributed by atoms with Crippen molar-refractivity contribution in [2.75, 3.05) is 19.0 Å². The standard InChI is InChI=1S/C12H15NO3S/c1-8-4-10-11(16-3-2-15-10)5-9(8)6-13-12(14)7-17/h4-5,17H,2-3,6-7H2,1H3,(H,13,14). The van der Waals surface area contributed by atoms with E-state index in [9.17, 15) is 4.79 Å². The molecule has 92 valence electrons. The summed E-state index contributed by atoms with van der Waals surface area (Å²) in [5.74, 6) is 1.64. The molecule has 5 heteroatoms. The number of hydrogen-bond donors (Lipinski definition) is 2. The van der Waals surface area contributed by atoms with E-state index in [1.165, 1.54) is 0 Å². The predicted octanol–water partition coefficient (Wildman–Crippen LogP) is 1.31. The third kappa shape index (κ3) is 2.85. The lowest BCUT2D eigenvalue weighted by atomic mass is 10.1. The minimum Gasteiger partial charge on any atom is -0.486 e. The van der Waals surface area contributed by atoms with Crippen LogP contribution >= 0.6 is 12.6 Å². The molecule has 0 radical (unpaired) electrons. The molecule has 0 bridgehead atoms. The van der Waals surface area contributed by atoms with Crippen LogP contribution in [0.3, 0.4) is 0 Å². The number of amides is 1. The fraction of sp³-hybridized carbons (Fsp3) is 0.417. The summed E-state index contributed by atoms with van der Waals surface area (Å²) in [4.78, 5) is 11.1. The van der Waals surface area contributed by atoms with E-state index in [2.05, 4.69) is 17.9 Å². The summed E-state index contributed by atoms with van der Waals surface area (Å²) in [7, 11) is 0. The minimum absolute atomic E-state index is 0.0809. The molecule has 1 aromatic rings. The first-order valence-corrected chi connectivity index (χ1v) is 6.10. The number of benzene rings is 1. The van der Waals surface area contributed by atoms with Gasteiger partial charge in [-0.05, 0) is 30.2 Å². The zero-order valence-corrected chi connectivity index (χ0v) is 10.5. The van der Waals surface area contributed by atoms with Crippen molar-refractivity contribution in [2.24, 2.45) is 0 Å². The number of carbonyl (C=O) groups excluding carboxylic acids is 1. The van der Waals surface area contributed by atoms with Crippen LogP contribution in [0.5, 0.6) is 11.5 Å². The van der Waals surface area contributed by atoms with E-state index in [1.54, 1.807) is 0 Å². The molecular weight excluding hydrogens is 238 g/mol. The normalized spacial score (nSPS) is 13.3. The van der Waals surface area contributed by atoms with Crippen LogP contribution in [0.2, 0.25) is 0 Å². The lowest BCUT2D eigenvalue weighted by Gasteiger charge is -2.20. The van der Waals surface area contributed by atoms with Crippen molar-refractivity contribution < 1.29 is 14.3 Å². The molecule has 1 aliphatic heterocycles. The lowest BCUT2D eigenvalue weighted by Crippen LogP contribution is -2.24. The summed E-state index contributed by atoms with van der Waals surface area (Å²) in [5, 5.41) is 2.78. The van der Waals surface area contributed by atoms with Crippen molar-refractivity contribution in [3.8, 4) is 11.5 Å². The summed E-state index contributed by atoms with van der Waals surface area (Å²) in [6.45, 7) is 3.63. The van der Waals surface area contributed by atoms with Crippen LogP contribution < -0.4 is 14.8 Å². The molecule has 1 amide bonds. The second-order valence-electron chi connectivity index (χ2n) is 3.86. The Morgan fingerprint density at radius 1 is 1.35 bits per heavy atom. The maximum atomic E-state index is 11.1. The molecule has 0 fully saturated rings. The second kappa shape index (κ2) is 5.31.